The molecule has 2 aromatic rings. The molecule has 1 N–H and O–H groups in total. The number of nitrogens with zero attached hydrogens (tertiary/aromatic N) is 2. The van der Waals surface area contributed by atoms with E-state index >= 15 is 0 Å². The van der Waals surface area contributed by atoms with Crippen molar-refractivity contribution in [2.45, 2.75) is 6.92 Å². The van der Waals surface area contributed by atoms with Crippen LogP contribution in [0.15, 0.2) is 42.6 Å². The van der Waals surface area contributed by atoms with Gasteiger partial charge in [-0.05, 0) is 31.2 Å². The molecule has 100 valence electrons. The van der Waals surface area contributed by atoms with E-state index in [-0.39, 0.29) is 24.2 Å². The Morgan fingerprint density at radius 1 is 1.10 bits per heavy atom. The maximum Gasteiger partial charge on any atom is 0.281 e. The van der Waals surface area contributed by atoms with Gasteiger partial charge in [0.15, 0.2) is 0 Å². The van der Waals surface area contributed by atoms with E-state index in [1.807, 2.05) is 31.2 Å². The zero-order valence-electron chi connectivity index (χ0n) is 11.0. The topological polar surface area (TPSA) is 62.3 Å². The largest absolute Gasteiger partial charge is 0.367 e. The monoisotopic (exact) mass is 267 g/mol. The number of amides is 2. The second kappa shape index (κ2) is 4.77. The molecule has 1 aliphatic heterocycles. The summed E-state index contributed by atoms with van der Waals surface area (Å²) in [5, 5.41) is 3.07. The number of carbonyl (C=O) groups is 2. The summed E-state index contributed by atoms with van der Waals surface area (Å²) in [6.07, 6.45) is 1.51. The molecule has 3 rings (SSSR count). The Balaban J connectivity index is 1.75. The molecule has 1 aromatic heterocycles. The molecular formula is C15H13N3O2. The normalized spacial score (nSPS) is 13.6. The number of aryl methyl sites for hydroxylation is 1. The van der Waals surface area contributed by atoms with Crippen molar-refractivity contribution < 1.29 is 9.59 Å². The predicted molar refractivity (Wildman–Crippen MR) is 74.4 cm³/mol. The number of anilines is 1. The molecular weight excluding hydrogens is 254 g/mol. The molecule has 5 nitrogen and oxygen atoms in total. The number of hydrogen-bond donors (Lipinski definition) is 1. The van der Waals surface area contributed by atoms with E-state index in [4.69, 9.17) is 0 Å². The number of fused-ring (bicyclic) bond motifs is 1. The van der Waals surface area contributed by atoms with Gasteiger partial charge in [-0.1, -0.05) is 17.7 Å². The highest BCUT2D eigenvalue weighted by Gasteiger charge is 2.36. The van der Waals surface area contributed by atoms with Gasteiger partial charge in [-0.15, -0.1) is 0 Å². The van der Waals surface area contributed by atoms with Crippen molar-refractivity contribution in [3.63, 3.8) is 0 Å². The Labute approximate surface area is 116 Å². The van der Waals surface area contributed by atoms with Gasteiger partial charge in [0, 0.05) is 11.9 Å². The molecule has 0 radical (unpaired) electrons. The molecule has 0 bridgehead atoms. The van der Waals surface area contributed by atoms with Crippen LogP contribution in [0, 0.1) is 6.92 Å². The van der Waals surface area contributed by atoms with Crippen LogP contribution in [-0.4, -0.2) is 28.4 Å². The summed E-state index contributed by atoms with van der Waals surface area (Å²) in [5.41, 5.74) is 2.60. The molecule has 0 unspecified atom stereocenters. The molecule has 2 amide bonds. The van der Waals surface area contributed by atoms with Gasteiger partial charge in [-0.2, -0.15) is 0 Å². The molecule has 0 saturated carbocycles. The summed E-state index contributed by atoms with van der Waals surface area (Å²) in [6.45, 7) is 2.14. The van der Waals surface area contributed by atoms with E-state index < -0.39 is 0 Å². The number of benzene rings is 1. The van der Waals surface area contributed by atoms with Crippen molar-refractivity contribution in [2.75, 3.05) is 12.0 Å². The third-order valence-electron chi connectivity index (χ3n) is 3.22. The van der Waals surface area contributed by atoms with E-state index in [2.05, 4.69) is 10.3 Å². The number of carbonyl (C=O) groups excluding carboxylic acids is 2. The highest BCUT2D eigenvalue weighted by Crippen LogP contribution is 2.20. The zero-order chi connectivity index (χ0) is 14.1. The summed E-state index contributed by atoms with van der Waals surface area (Å²) >= 11 is 0. The Hall–Kier alpha value is -2.69. The van der Waals surface area contributed by atoms with Crippen molar-refractivity contribution >= 4 is 17.5 Å². The fourth-order valence-electron chi connectivity index (χ4n) is 2.10. The molecule has 1 aliphatic rings. The minimum Gasteiger partial charge on any atom is -0.367 e. The van der Waals surface area contributed by atoms with Gasteiger partial charge in [0.25, 0.3) is 11.8 Å². The number of pyridine rings is 1. The number of rotatable bonds is 3. The zero-order valence-corrected chi connectivity index (χ0v) is 11.0. The lowest BCUT2D eigenvalue weighted by atomic mass is 10.2. The molecule has 5 heteroatoms. The minimum atomic E-state index is -0.356. The van der Waals surface area contributed by atoms with Crippen molar-refractivity contribution in [2.24, 2.45) is 0 Å². The second-order valence-electron chi connectivity index (χ2n) is 4.64. The fourth-order valence-corrected chi connectivity index (χ4v) is 2.10. The molecule has 0 spiro atoms. The minimum absolute atomic E-state index is 0.136. The molecule has 0 saturated heterocycles. The maximum atomic E-state index is 12.1. The lowest BCUT2D eigenvalue weighted by molar-refractivity contribution is 0.0664. The van der Waals surface area contributed by atoms with E-state index in [9.17, 15) is 9.59 Å². The molecule has 0 atom stereocenters. The van der Waals surface area contributed by atoms with Crippen molar-refractivity contribution in [1.29, 1.82) is 0 Å². The number of imide groups is 1. The first-order chi connectivity index (χ1) is 9.66. The second-order valence-corrected chi connectivity index (χ2v) is 4.64. The van der Waals surface area contributed by atoms with E-state index in [0.717, 1.165) is 16.2 Å². The lowest BCUT2D eigenvalue weighted by Crippen LogP contribution is -2.34. The first-order valence-electron chi connectivity index (χ1n) is 6.28. The quantitative estimate of drug-likeness (QED) is 0.865. The third-order valence-corrected chi connectivity index (χ3v) is 3.22. The van der Waals surface area contributed by atoms with Gasteiger partial charge < -0.3 is 5.32 Å². The summed E-state index contributed by atoms with van der Waals surface area (Å²) in [5.74, 6) is -0.664. The van der Waals surface area contributed by atoms with Crippen LogP contribution in [0.1, 0.15) is 26.4 Å². The fraction of sp³-hybridized carbons (Fsp3) is 0.133. The Kier molecular flexibility index (Phi) is 2.95. The van der Waals surface area contributed by atoms with E-state index in [1.165, 1.54) is 6.20 Å². The smallest absolute Gasteiger partial charge is 0.281 e. The van der Waals surface area contributed by atoms with Crippen LogP contribution in [0.2, 0.25) is 0 Å². The standard InChI is InChI=1S/C15H13N3O2/c1-10-4-6-11(7-5-10)17-9-18-14(19)12-3-2-8-16-13(12)15(18)20/h2-8,17H,9H2,1H3. The Morgan fingerprint density at radius 2 is 1.85 bits per heavy atom. The number of nitrogens with one attached hydrogen (secondary N) is 1. The van der Waals surface area contributed by atoms with Gasteiger partial charge in [0.05, 0.1) is 12.2 Å². The average molecular weight is 267 g/mol. The van der Waals surface area contributed by atoms with Crippen LogP contribution in [0.25, 0.3) is 0 Å². The van der Waals surface area contributed by atoms with E-state index in [0.29, 0.717) is 5.56 Å². The highest BCUT2D eigenvalue weighted by molar-refractivity contribution is 6.20. The average Bonchev–Trinajstić information content (AvgIpc) is 2.71. The Morgan fingerprint density at radius 3 is 2.55 bits per heavy atom. The first-order valence-corrected chi connectivity index (χ1v) is 6.28. The first kappa shape index (κ1) is 12.3. The molecule has 0 aliphatic carbocycles. The van der Waals surface area contributed by atoms with Gasteiger partial charge in [0.2, 0.25) is 0 Å². The van der Waals surface area contributed by atoms with Crippen LogP contribution < -0.4 is 5.32 Å². The van der Waals surface area contributed by atoms with Crippen molar-refractivity contribution in [1.82, 2.24) is 9.88 Å². The van der Waals surface area contributed by atoms with Crippen LogP contribution in [0.4, 0.5) is 5.69 Å². The summed E-state index contributed by atoms with van der Waals surface area (Å²) in [7, 11) is 0. The lowest BCUT2D eigenvalue weighted by Gasteiger charge is -2.15. The Bertz CT molecular complexity index is 645. The molecule has 20 heavy (non-hydrogen) atoms. The highest BCUT2D eigenvalue weighted by atomic mass is 16.2. The summed E-state index contributed by atoms with van der Waals surface area (Å²) in [6, 6.07) is 11.0. The molecule has 0 fully saturated rings. The van der Waals surface area contributed by atoms with Gasteiger partial charge >= 0.3 is 0 Å². The van der Waals surface area contributed by atoms with Gasteiger partial charge in [-0.3, -0.25) is 19.5 Å². The summed E-state index contributed by atoms with van der Waals surface area (Å²) in [4.78, 5) is 29.3. The maximum absolute atomic E-state index is 12.1. The number of aromatic nitrogens is 1. The molecule has 1 aromatic carbocycles. The van der Waals surface area contributed by atoms with E-state index in [1.54, 1.807) is 12.1 Å². The van der Waals surface area contributed by atoms with Gasteiger partial charge in [-0.25, -0.2) is 0 Å². The van der Waals surface area contributed by atoms with Crippen molar-refractivity contribution in [3.05, 3.63) is 59.4 Å². The van der Waals surface area contributed by atoms with Crippen LogP contribution in [0.3, 0.4) is 0 Å². The third kappa shape index (κ3) is 2.03. The SMILES string of the molecule is Cc1ccc(NCN2C(=O)c3cccnc3C2=O)cc1. The van der Waals surface area contributed by atoms with Crippen LogP contribution >= 0.6 is 0 Å². The van der Waals surface area contributed by atoms with Crippen LogP contribution in [0.5, 0.6) is 0 Å². The van der Waals surface area contributed by atoms with Gasteiger partial charge in [0.1, 0.15) is 5.69 Å². The van der Waals surface area contributed by atoms with Crippen LogP contribution in [-0.2, 0) is 0 Å². The summed E-state index contributed by atoms with van der Waals surface area (Å²) < 4.78 is 0. The van der Waals surface area contributed by atoms with Crippen molar-refractivity contribution in [3.8, 4) is 0 Å². The predicted octanol–water partition coefficient (Wildman–Crippen LogP) is 2.06. The number of hydrogen-bond acceptors (Lipinski definition) is 4. The molecule has 2 heterocycles.